The summed E-state index contributed by atoms with van der Waals surface area (Å²) in [6, 6.07) is 7.00. The highest BCUT2D eigenvalue weighted by Crippen LogP contribution is 2.21. The molecule has 1 rings (SSSR count). The Bertz CT molecular complexity index is 352. The molecule has 1 aromatic rings. The van der Waals surface area contributed by atoms with Crippen LogP contribution in [0.2, 0.25) is 0 Å². The van der Waals surface area contributed by atoms with Crippen molar-refractivity contribution in [3.8, 4) is 5.75 Å². The molecule has 0 spiro atoms. The summed E-state index contributed by atoms with van der Waals surface area (Å²) < 4.78 is 45.9. The smallest absolute Gasteiger partial charge is 0.389 e. The lowest BCUT2D eigenvalue weighted by molar-refractivity contribution is -0.137. The molecule has 0 aliphatic rings. The molecule has 0 aromatic heterocycles. The molecule has 6 heteroatoms. The number of nitrogens with two attached hydrogens (primary N) is 1. The highest BCUT2D eigenvalue weighted by Gasteiger charge is 2.25. The molecule has 0 heterocycles. The summed E-state index contributed by atoms with van der Waals surface area (Å²) in [7, 11) is 0. The maximum absolute atomic E-state index is 11.8. The molecule has 0 atom stereocenters. The molecular formula is C13H18F3NO2. The van der Waals surface area contributed by atoms with Crippen LogP contribution in [0, 0.1) is 0 Å². The van der Waals surface area contributed by atoms with E-state index in [1.807, 2.05) is 0 Å². The minimum absolute atomic E-state index is 0.00230. The van der Waals surface area contributed by atoms with E-state index in [0.29, 0.717) is 31.1 Å². The molecule has 0 amide bonds. The maximum Gasteiger partial charge on any atom is 0.389 e. The van der Waals surface area contributed by atoms with E-state index in [-0.39, 0.29) is 13.0 Å². The first kappa shape index (κ1) is 15.6. The first-order valence-electron chi connectivity index (χ1n) is 6.10. The van der Waals surface area contributed by atoms with E-state index in [1.165, 1.54) is 0 Å². The van der Waals surface area contributed by atoms with Crippen molar-refractivity contribution in [1.29, 1.82) is 0 Å². The number of benzene rings is 1. The van der Waals surface area contributed by atoms with E-state index >= 15 is 0 Å². The fourth-order valence-electron chi connectivity index (χ4n) is 1.39. The molecule has 3 nitrogen and oxygen atoms in total. The first-order valence-corrected chi connectivity index (χ1v) is 6.10. The molecule has 19 heavy (non-hydrogen) atoms. The topological polar surface area (TPSA) is 44.5 Å². The standard InChI is InChI=1S/C13H18F3NO2/c14-13(15,16)7-1-8-18-9-2-10-19-12-5-3-11(17)4-6-12/h3-6H,1-2,7-10,17H2. The number of anilines is 1. The Kier molecular flexibility index (Phi) is 6.49. The van der Waals surface area contributed by atoms with Crippen molar-refractivity contribution in [2.24, 2.45) is 0 Å². The summed E-state index contributed by atoms with van der Waals surface area (Å²) in [6.07, 6.45) is -4.25. The molecule has 0 saturated carbocycles. The third-order valence-corrected chi connectivity index (χ3v) is 2.33. The number of hydrogen-bond acceptors (Lipinski definition) is 3. The van der Waals surface area contributed by atoms with Crippen LogP contribution in [-0.2, 0) is 4.74 Å². The zero-order valence-corrected chi connectivity index (χ0v) is 10.6. The molecule has 0 fully saturated rings. The Labute approximate surface area is 110 Å². The molecular weight excluding hydrogens is 259 g/mol. The molecule has 0 aliphatic heterocycles. The second-order valence-corrected chi connectivity index (χ2v) is 4.10. The SMILES string of the molecule is Nc1ccc(OCCCOCCCC(F)(F)F)cc1. The van der Waals surface area contributed by atoms with E-state index in [2.05, 4.69) is 0 Å². The summed E-state index contributed by atoms with van der Waals surface area (Å²) in [5, 5.41) is 0. The number of halogens is 3. The van der Waals surface area contributed by atoms with Gasteiger partial charge in [0.15, 0.2) is 0 Å². The van der Waals surface area contributed by atoms with Crippen molar-refractivity contribution in [3.05, 3.63) is 24.3 Å². The van der Waals surface area contributed by atoms with Crippen LogP contribution in [0.15, 0.2) is 24.3 Å². The number of alkyl halides is 3. The largest absolute Gasteiger partial charge is 0.494 e. The van der Waals surface area contributed by atoms with Gasteiger partial charge in [0.2, 0.25) is 0 Å². The predicted octanol–water partition coefficient (Wildman–Crippen LogP) is 3.40. The van der Waals surface area contributed by atoms with Crippen molar-refractivity contribution in [2.45, 2.75) is 25.4 Å². The van der Waals surface area contributed by atoms with Crippen LogP contribution in [0.25, 0.3) is 0 Å². The van der Waals surface area contributed by atoms with E-state index in [4.69, 9.17) is 15.2 Å². The number of rotatable bonds is 8. The average Bonchev–Trinajstić information content (AvgIpc) is 2.33. The monoisotopic (exact) mass is 277 g/mol. The summed E-state index contributed by atoms with van der Waals surface area (Å²) in [6.45, 7) is 0.984. The number of hydrogen-bond donors (Lipinski definition) is 1. The second kappa shape index (κ2) is 7.89. The van der Waals surface area contributed by atoms with E-state index < -0.39 is 12.6 Å². The average molecular weight is 277 g/mol. The van der Waals surface area contributed by atoms with E-state index in [0.717, 1.165) is 0 Å². The Balaban J connectivity index is 1.95. The van der Waals surface area contributed by atoms with Crippen LogP contribution < -0.4 is 10.5 Å². The minimum Gasteiger partial charge on any atom is -0.494 e. The summed E-state index contributed by atoms with van der Waals surface area (Å²) in [5.74, 6) is 0.714. The van der Waals surface area contributed by atoms with Gasteiger partial charge in [-0.2, -0.15) is 13.2 Å². The predicted molar refractivity (Wildman–Crippen MR) is 67.1 cm³/mol. The Morgan fingerprint density at radius 2 is 1.58 bits per heavy atom. The first-order chi connectivity index (χ1) is 8.97. The third kappa shape index (κ3) is 8.31. The molecule has 108 valence electrons. The highest BCUT2D eigenvalue weighted by atomic mass is 19.4. The number of ether oxygens (including phenoxy) is 2. The van der Waals surface area contributed by atoms with Crippen molar-refractivity contribution >= 4 is 5.69 Å². The quantitative estimate of drug-likeness (QED) is 0.585. The molecule has 0 bridgehead atoms. The Morgan fingerprint density at radius 1 is 0.947 bits per heavy atom. The normalized spacial score (nSPS) is 11.5. The second-order valence-electron chi connectivity index (χ2n) is 4.10. The van der Waals surface area contributed by atoms with Gasteiger partial charge in [-0.25, -0.2) is 0 Å². The van der Waals surface area contributed by atoms with Crippen LogP contribution in [0.3, 0.4) is 0 Å². The molecule has 2 N–H and O–H groups in total. The van der Waals surface area contributed by atoms with Gasteiger partial charge in [-0.05, 0) is 30.7 Å². The van der Waals surface area contributed by atoms with E-state index in [1.54, 1.807) is 24.3 Å². The van der Waals surface area contributed by atoms with Crippen LogP contribution in [0.5, 0.6) is 5.75 Å². The van der Waals surface area contributed by atoms with E-state index in [9.17, 15) is 13.2 Å². The fraction of sp³-hybridized carbons (Fsp3) is 0.538. The van der Waals surface area contributed by atoms with Crippen LogP contribution >= 0.6 is 0 Å². The van der Waals surface area contributed by atoms with Gasteiger partial charge in [0, 0.05) is 31.7 Å². The van der Waals surface area contributed by atoms with Gasteiger partial charge in [0.1, 0.15) is 5.75 Å². The Morgan fingerprint density at radius 3 is 2.21 bits per heavy atom. The number of nitrogen functional groups attached to an aromatic ring is 1. The van der Waals surface area contributed by atoms with Crippen molar-refractivity contribution in [1.82, 2.24) is 0 Å². The molecule has 0 aliphatic carbocycles. The lowest BCUT2D eigenvalue weighted by Gasteiger charge is -2.08. The van der Waals surface area contributed by atoms with Gasteiger partial charge in [-0.3, -0.25) is 0 Å². The van der Waals surface area contributed by atoms with Gasteiger partial charge in [-0.15, -0.1) is 0 Å². The van der Waals surface area contributed by atoms with Crippen LogP contribution in [0.1, 0.15) is 19.3 Å². The van der Waals surface area contributed by atoms with Crippen LogP contribution in [0.4, 0.5) is 18.9 Å². The van der Waals surface area contributed by atoms with Crippen LogP contribution in [-0.4, -0.2) is 26.0 Å². The lowest BCUT2D eigenvalue weighted by Crippen LogP contribution is -2.09. The van der Waals surface area contributed by atoms with Gasteiger partial charge in [-0.1, -0.05) is 0 Å². The molecule has 0 unspecified atom stereocenters. The fourth-order valence-corrected chi connectivity index (χ4v) is 1.39. The summed E-state index contributed by atoms with van der Waals surface area (Å²) >= 11 is 0. The van der Waals surface area contributed by atoms with Gasteiger partial charge in [0.05, 0.1) is 6.61 Å². The lowest BCUT2D eigenvalue weighted by atomic mass is 10.3. The van der Waals surface area contributed by atoms with Gasteiger partial charge >= 0.3 is 6.18 Å². The van der Waals surface area contributed by atoms with Crippen molar-refractivity contribution in [2.75, 3.05) is 25.6 Å². The maximum atomic E-state index is 11.8. The third-order valence-electron chi connectivity index (χ3n) is 2.33. The molecule has 0 radical (unpaired) electrons. The molecule has 1 aromatic carbocycles. The molecule has 0 saturated heterocycles. The van der Waals surface area contributed by atoms with Gasteiger partial charge in [0.25, 0.3) is 0 Å². The summed E-state index contributed by atoms with van der Waals surface area (Å²) in [5.41, 5.74) is 6.19. The van der Waals surface area contributed by atoms with Gasteiger partial charge < -0.3 is 15.2 Å². The minimum atomic E-state index is -4.10. The summed E-state index contributed by atoms with van der Waals surface area (Å²) in [4.78, 5) is 0. The van der Waals surface area contributed by atoms with Crippen molar-refractivity contribution < 1.29 is 22.6 Å². The Hall–Kier alpha value is -1.43. The zero-order valence-electron chi connectivity index (χ0n) is 10.6. The zero-order chi connectivity index (χ0) is 14.1. The van der Waals surface area contributed by atoms with Crippen molar-refractivity contribution in [3.63, 3.8) is 0 Å². The highest BCUT2D eigenvalue weighted by molar-refractivity contribution is 5.41.